The first-order valence-electron chi connectivity index (χ1n) is 9.26. The number of fused-ring (bicyclic) bond motifs is 1. The van der Waals surface area contributed by atoms with E-state index in [1.165, 1.54) is 5.69 Å². The van der Waals surface area contributed by atoms with Crippen LogP contribution in [0.25, 0.3) is 0 Å². The number of hydrogen-bond acceptors (Lipinski definition) is 4. The van der Waals surface area contributed by atoms with Gasteiger partial charge in [-0.15, -0.1) is 0 Å². The molecule has 1 unspecified atom stereocenters. The average Bonchev–Trinajstić information content (AvgIpc) is 3.02. The molecule has 2 saturated heterocycles. The minimum absolute atomic E-state index is 0.0884. The Hall–Kier alpha value is -1.75. The van der Waals surface area contributed by atoms with Crippen LogP contribution < -0.4 is 9.64 Å². The summed E-state index contributed by atoms with van der Waals surface area (Å²) < 4.78 is 11.6. The first-order chi connectivity index (χ1) is 11.7. The van der Waals surface area contributed by atoms with Crippen LogP contribution in [0.2, 0.25) is 0 Å². The van der Waals surface area contributed by atoms with Gasteiger partial charge in [-0.05, 0) is 52.0 Å². The zero-order valence-corrected chi connectivity index (χ0v) is 16.1. The largest absolute Gasteiger partial charge is 0.516 e. The number of anilines is 1. The minimum Gasteiger partial charge on any atom is -0.494 e. The lowest BCUT2D eigenvalue weighted by Crippen LogP contribution is -2.51. The maximum Gasteiger partial charge on any atom is 0.516 e. The molecule has 1 aromatic rings. The van der Waals surface area contributed by atoms with Crippen LogP contribution in [0.3, 0.4) is 0 Å². The van der Waals surface area contributed by atoms with Gasteiger partial charge in [-0.2, -0.15) is 4.79 Å². The molecule has 0 aromatic heterocycles. The Morgan fingerprint density at radius 1 is 1.16 bits per heavy atom. The van der Waals surface area contributed by atoms with Gasteiger partial charge in [0.15, 0.2) is 0 Å². The molecule has 0 spiro atoms. The third kappa shape index (κ3) is 3.92. The standard InChI is InChI=1S/C20H31N2O3/c1-6-24-18-9-7-17(8-10-18)21-11-15-13-22(5,14-16(15)12-21)19(23)25-20(2,3)4/h7-10,15-16H,6,11-14H2,1-5H3/q+1/t15-,16+,22?. The molecule has 1 aromatic carbocycles. The van der Waals surface area contributed by atoms with E-state index in [1.807, 2.05) is 46.9 Å². The molecule has 2 aliphatic heterocycles. The van der Waals surface area contributed by atoms with E-state index in [2.05, 4.69) is 17.0 Å². The predicted molar refractivity (Wildman–Crippen MR) is 99.0 cm³/mol. The highest BCUT2D eigenvalue weighted by Gasteiger charge is 2.52. The van der Waals surface area contributed by atoms with Gasteiger partial charge in [-0.1, -0.05) is 0 Å². The quantitative estimate of drug-likeness (QED) is 0.784. The van der Waals surface area contributed by atoms with Crippen molar-refractivity contribution in [3.05, 3.63) is 24.3 Å². The van der Waals surface area contributed by atoms with Gasteiger partial charge in [-0.3, -0.25) is 0 Å². The van der Waals surface area contributed by atoms with E-state index in [9.17, 15) is 4.79 Å². The minimum atomic E-state index is -0.426. The zero-order valence-electron chi connectivity index (χ0n) is 16.1. The van der Waals surface area contributed by atoms with Crippen LogP contribution in [0.5, 0.6) is 5.75 Å². The molecule has 0 N–H and O–H groups in total. The van der Waals surface area contributed by atoms with E-state index >= 15 is 0 Å². The normalized spacial score (nSPS) is 28.8. The molecule has 0 aliphatic carbocycles. The molecule has 138 valence electrons. The Morgan fingerprint density at radius 3 is 2.20 bits per heavy atom. The molecule has 5 nitrogen and oxygen atoms in total. The summed E-state index contributed by atoms with van der Waals surface area (Å²) in [5, 5.41) is 0. The molecule has 25 heavy (non-hydrogen) atoms. The Balaban J connectivity index is 1.61. The summed E-state index contributed by atoms with van der Waals surface area (Å²) in [4.78, 5) is 15.0. The van der Waals surface area contributed by atoms with Crippen molar-refractivity contribution in [3.8, 4) is 5.75 Å². The van der Waals surface area contributed by atoms with E-state index in [1.54, 1.807) is 0 Å². The van der Waals surface area contributed by atoms with Crippen LogP contribution in [-0.2, 0) is 4.74 Å². The third-order valence-electron chi connectivity index (χ3n) is 5.20. The molecular formula is C20H31N2O3+. The van der Waals surface area contributed by atoms with Gasteiger partial charge in [0.05, 0.1) is 26.7 Å². The number of hydrogen-bond donors (Lipinski definition) is 0. The molecule has 5 heteroatoms. The summed E-state index contributed by atoms with van der Waals surface area (Å²) in [6.45, 7) is 12.2. The van der Waals surface area contributed by atoms with Crippen molar-refractivity contribution in [2.75, 3.05) is 44.7 Å². The number of quaternary nitrogens is 1. The molecule has 0 bridgehead atoms. The number of likely N-dealkylation sites (tertiary alicyclic amines) is 1. The van der Waals surface area contributed by atoms with Gasteiger partial charge in [0.25, 0.3) is 0 Å². The maximum atomic E-state index is 12.6. The van der Waals surface area contributed by atoms with Crippen LogP contribution in [0.1, 0.15) is 27.7 Å². The lowest BCUT2D eigenvalue weighted by molar-refractivity contribution is -0.828. The second-order valence-corrected chi connectivity index (χ2v) is 8.59. The number of ether oxygens (including phenoxy) is 2. The molecule has 1 amide bonds. The summed E-state index contributed by atoms with van der Waals surface area (Å²) in [5.74, 6) is 2.01. The highest BCUT2D eigenvalue weighted by Crippen LogP contribution is 2.38. The Bertz CT molecular complexity index is 607. The van der Waals surface area contributed by atoms with Crippen LogP contribution in [0.4, 0.5) is 10.5 Å². The van der Waals surface area contributed by atoms with E-state index in [0.717, 1.165) is 31.9 Å². The van der Waals surface area contributed by atoms with Crippen molar-refractivity contribution in [3.63, 3.8) is 0 Å². The SMILES string of the molecule is CCOc1ccc(N2C[C@@H]3C[N+](C)(C(=O)OC(C)(C)C)C[C@@H]3C2)cc1. The molecule has 3 rings (SSSR count). The second kappa shape index (κ2) is 6.52. The lowest BCUT2D eigenvalue weighted by Gasteiger charge is -2.31. The summed E-state index contributed by atoms with van der Waals surface area (Å²) in [5.41, 5.74) is 0.814. The third-order valence-corrected chi connectivity index (χ3v) is 5.20. The highest BCUT2D eigenvalue weighted by atomic mass is 16.6. The fourth-order valence-corrected chi connectivity index (χ4v) is 4.11. The van der Waals surface area contributed by atoms with Crippen LogP contribution in [-0.4, -0.2) is 56.0 Å². The summed E-state index contributed by atoms with van der Waals surface area (Å²) in [6, 6.07) is 8.34. The summed E-state index contributed by atoms with van der Waals surface area (Å²) in [6.07, 6.45) is -0.0884. The molecule has 2 heterocycles. The van der Waals surface area contributed by atoms with Crippen molar-refractivity contribution in [1.82, 2.24) is 0 Å². The van der Waals surface area contributed by atoms with Crippen LogP contribution >= 0.6 is 0 Å². The summed E-state index contributed by atoms with van der Waals surface area (Å²) >= 11 is 0. The smallest absolute Gasteiger partial charge is 0.494 e. The zero-order chi connectivity index (χ0) is 18.2. The van der Waals surface area contributed by atoms with Crippen molar-refractivity contribution < 1.29 is 18.8 Å². The van der Waals surface area contributed by atoms with Crippen LogP contribution in [0.15, 0.2) is 24.3 Å². The molecule has 0 radical (unpaired) electrons. The van der Waals surface area contributed by atoms with E-state index in [4.69, 9.17) is 9.47 Å². The predicted octanol–water partition coefficient (Wildman–Crippen LogP) is 3.53. The fourth-order valence-electron chi connectivity index (χ4n) is 4.11. The van der Waals surface area contributed by atoms with Gasteiger partial charge in [-0.25, -0.2) is 4.48 Å². The number of benzene rings is 1. The highest BCUT2D eigenvalue weighted by molar-refractivity contribution is 5.60. The van der Waals surface area contributed by atoms with Gasteiger partial charge < -0.3 is 14.4 Å². The molecular weight excluding hydrogens is 316 g/mol. The fraction of sp³-hybridized carbons (Fsp3) is 0.650. The number of rotatable bonds is 3. The van der Waals surface area contributed by atoms with Crippen molar-refractivity contribution in [2.24, 2.45) is 11.8 Å². The molecule has 2 aliphatic rings. The van der Waals surface area contributed by atoms with Crippen molar-refractivity contribution >= 4 is 11.8 Å². The van der Waals surface area contributed by atoms with E-state index < -0.39 is 5.60 Å². The Kier molecular flexibility index (Phi) is 4.71. The average molecular weight is 347 g/mol. The Labute approximate surface area is 151 Å². The molecule has 2 fully saturated rings. The second-order valence-electron chi connectivity index (χ2n) is 8.59. The van der Waals surface area contributed by atoms with E-state index in [0.29, 0.717) is 22.9 Å². The van der Waals surface area contributed by atoms with Crippen molar-refractivity contribution in [1.29, 1.82) is 0 Å². The molecule has 3 atom stereocenters. The maximum absolute atomic E-state index is 12.6. The molecule has 0 saturated carbocycles. The number of nitrogens with zero attached hydrogens (tertiary/aromatic N) is 2. The number of carbonyl (C=O) groups is 1. The van der Waals surface area contributed by atoms with Gasteiger partial charge in [0.1, 0.15) is 11.4 Å². The summed E-state index contributed by atoms with van der Waals surface area (Å²) in [7, 11) is 2.02. The Morgan fingerprint density at radius 2 is 1.72 bits per heavy atom. The number of carbonyl (C=O) groups excluding carboxylic acids is 1. The van der Waals surface area contributed by atoms with Gasteiger partial charge in [0, 0.05) is 30.6 Å². The van der Waals surface area contributed by atoms with Gasteiger partial charge in [0.2, 0.25) is 0 Å². The lowest BCUT2D eigenvalue weighted by atomic mass is 10.0. The number of amides is 1. The van der Waals surface area contributed by atoms with Crippen LogP contribution in [0, 0.1) is 11.8 Å². The van der Waals surface area contributed by atoms with Crippen molar-refractivity contribution in [2.45, 2.75) is 33.3 Å². The van der Waals surface area contributed by atoms with Gasteiger partial charge >= 0.3 is 6.09 Å². The topological polar surface area (TPSA) is 38.8 Å². The first kappa shape index (κ1) is 18.1. The first-order valence-corrected chi connectivity index (χ1v) is 9.26. The monoisotopic (exact) mass is 347 g/mol. The van der Waals surface area contributed by atoms with E-state index in [-0.39, 0.29) is 6.09 Å².